The molecule has 0 aliphatic heterocycles. The lowest BCUT2D eigenvalue weighted by Crippen LogP contribution is -1.93. The lowest BCUT2D eigenvalue weighted by molar-refractivity contribution is 0.398. The number of benzene rings is 1. The predicted octanol–water partition coefficient (Wildman–Crippen LogP) is 2.63. The summed E-state index contributed by atoms with van der Waals surface area (Å²) in [7, 11) is 1.60. The smallest absolute Gasteiger partial charge is 0.240 e. The van der Waals surface area contributed by atoms with Crippen molar-refractivity contribution in [3.05, 3.63) is 42.9 Å². The zero-order valence-electron chi connectivity index (χ0n) is 9.34. The molecule has 1 aromatic carbocycles. The zero-order valence-corrected chi connectivity index (χ0v) is 9.34. The van der Waals surface area contributed by atoms with Crippen LogP contribution in [-0.2, 0) is 0 Å². The van der Waals surface area contributed by atoms with Gasteiger partial charge < -0.3 is 9.72 Å². The van der Waals surface area contributed by atoms with Crippen molar-refractivity contribution in [2.45, 2.75) is 0 Å². The molecule has 0 spiro atoms. The van der Waals surface area contributed by atoms with Crippen LogP contribution in [0.4, 0.5) is 0 Å². The molecule has 2 aromatic heterocycles. The molecule has 0 aliphatic rings. The van der Waals surface area contributed by atoms with Crippen LogP contribution in [0.15, 0.2) is 42.9 Å². The fourth-order valence-electron chi connectivity index (χ4n) is 1.95. The Hall–Kier alpha value is -2.36. The number of nitrogens with one attached hydrogen (secondary N) is 1. The summed E-state index contributed by atoms with van der Waals surface area (Å²) in [5, 5.41) is 1.12. The van der Waals surface area contributed by atoms with Crippen LogP contribution >= 0.6 is 0 Å². The van der Waals surface area contributed by atoms with Crippen LogP contribution in [0.5, 0.6) is 5.88 Å². The van der Waals surface area contributed by atoms with Gasteiger partial charge in [0, 0.05) is 35.1 Å². The third kappa shape index (κ3) is 1.54. The standard InChI is InChI=1S/C13H11N3O/c1-17-13-12(15-7-8-16-13)10-3-2-4-11-9(10)5-6-14-11/h2-8,14H,1H3. The van der Waals surface area contributed by atoms with Gasteiger partial charge in [-0.3, -0.25) is 0 Å². The molecule has 0 saturated heterocycles. The van der Waals surface area contributed by atoms with Gasteiger partial charge in [-0.1, -0.05) is 12.1 Å². The summed E-state index contributed by atoms with van der Waals surface area (Å²) in [6.45, 7) is 0. The lowest BCUT2D eigenvalue weighted by Gasteiger charge is -2.06. The van der Waals surface area contributed by atoms with E-state index in [4.69, 9.17) is 4.74 Å². The number of aromatic nitrogens is 3. The van der Waals surface area contributed by atoms with Crippen LogP contribution in [0.1, 0.15) is 0 Å². The second-order valence-corrected chi connectivity index (χ2v) is 3.66. The first-order chi connectivity index (χ1) is 8.40. The number of methoxy groups -OCH3 is 1. The van der Waals surface area contributed by atoms with Crippen LogP contribution in [0.3, 0.4) is 0 Å². The highest BCUT2D eigenvalue weighted by atomic mass is 16.5. The van der Waals surface area contributed by atoms with Crippen LogP contribution in [0, 0.1) is 0 Å². The molecule has 0 fully saturated rings. The first-order valence-corrected chi connectivity index (χ1v) is 5.31. The van der Waals surface area contributed by atoms with Gasteiger partial charge in [-0.25, -0.2) is 9.97 Å². The fraction of sp³-hybridized carbons (Fsp3) is 0.0769. The highest BCUT2D eigenvalue weighted by Gasteiger charge is 2.11. The maximum Gasteiger partial charge on any atom is 0.240 e. The molecule has 0 radical (unpaired) electrons. The zero-order chi connectivity index (χ0) is 11.7. The summed E-state index contributed by atoms with van der Waals surface area (Å²) in [6, 6.07) is 8.06. The normalized spacial score (nSPS) is 10.6. The Morgan fingerprint density at radius 1 is 1.12 bits per heavy atom. The van der Waals surface area contributed by atoms with Crippen LogP contribution in [-0.4, -0.2) is 22.1 Å². The summed E-state index contributed by atoms with van der Waals surface area (Å²) in [5.74, 6) is 0.543. The van der Waals surface area contributed by atoms with E-state index in [2.05, 4.69) is 15.0 Å². The van der Waals surface area contributed by atoms with Gasteiger partial charge in [-0.2, -0.15) is 0 Å². The minimum absolute atomic E-state index is 0.543. The number of aromatic amines is 1. The summed E-state index contributed by atoms with van der Waals surface area (Å²) in [4.78, 5) is 11.7. The van der Waals surface area contributed by atoms with Gasteiger partial charge in [-0.15, -0.1) is 0 Å². The molecule has 4 nitrogen and oxygen atoms in total. The summed E-state index contributed by atoms with van der Waals surface area (Å²) >= 11 is 0. The molecular formula is C13H11N3O. The molecule has 0 aliphatic carbocycles. The monoisotopic (exact) mass is 225 g/mol. The molecule has 4 heteroatoms. The second-order valence-electron chi connectivity index (χ2n) is 3.66. The second kappa shape index (κ2) is 3.90. The van der Waals surface area contributed by atoms with E-state index in [1.165, 1.54) is 0 Å². The minimum atomic E-state index is 0.543. The summed E-state index contributed by atoms with van der Waals surface area (Å²) in [5.41, 5.74) is 2.86. The highest BCUT2D eigenvalue weighted by molar-refractivity contribution is 5.95. The van der Waals surface area contributed by atoms with Crippen molar-refractivity contribution in [1.29, 1.82) is 0 Å². The summed E-state index contributed by atoms with van der Waals surface area (Å²) < 4.78 is 5.24. The minimum Gasteiger partial charge on any atom is -0.479 e. The van der Waals surface area contributed by atoms with E-state index < -0.39 is 0 Å². The molecule has 3 aromatic rings. The van der Waals surface area contributed by atoms with Gasteiger partial charge in [0.05, 0.1) is 7.11 Å². The van der Waals surface area contributed by atoms with Crippen molar-refractivity contribution >= 4 is 10.9 Å². The highest BCUT2D eigenvalue weighted by Crippen LogP contribution is 2.31. The molecule has 0 amide bonds. The Bertz CT molecular complexity index is 660. The number of hydrogen-bond acceptors (Lipinski definition) is 3. The van der Waals surface area contributed by atoms with Gasteiger partial charge in [0.25, 0.3) is 0 Å². The molecule has 0 unspecified atom stereocenters. The Morgan fingerprint density at radius 2 is 2.00 bits per heavy atom. The third-order valence-corrected chi connectivity index (χ3v) is 2.71. The quantitative estimate of drug-likeness (QED) is 0.729. The van der Waals surface area contributed by atoms with Gasteiger partial charge in [0.2, 0.25) is 5.88 Å². The van der Waals surface area contributed by atoms with E-state index in [1.54, 1.807) is 19.5 Å². The molecule has 2 heterocycles. The van der Waals surface area contributed by atoms with Gasteiger partial charge in [0.15, 0.2) is 0 Å². The van der Waals surface area contributed by atoms with E-state index in [1.807, 2.05) is 30.5 Å². The summed E-state index contributed by atoms with van der Waals surface area (Å²) in [6.07, 6.45) is 5.21. The van der Waals surface area contributed by atoms with E-state index in [-0.39, 0.29) is 0 Å². The Morgan fingerprint density at radius 3 is 2.88 bits per heavy atom. The number of H-pyrrole nitrogens is 1. The van der Waals surface area contributed by atoms with Gasteiger partial charge in [-0.05, 0) is 12.1 Å². The molecule has 3 rings (SSSR count). The van der Waals surface area contributed by atoms with Crippen molar-refractivity contribution in [1.82, 2.24) is 15.0 Å². The molecule has 17 heavy (non-hydrogen) atoms. The molecular weight excluding hydrogens is 214 g/mol. The van der Waals surface area contributed by atoms with Crippen LogP contribution in [0.2, 0.25) is 0 Å². The van der Waals surface area contributed by atoms with E-state index in [0.29, 0.717) is 5.88 Å². The van der Waals surface area contributed by atoms with Crippen molar-refractivity contribution in [2.75, 3.05) is 7.11 Å². The molecule has 1 N–H and O–H groups in total. The number of fused-ring (bicyclic) bond motifs is 1. The number of ether oxygens (including phenoxy) is 1. The Balaban J connectivity index is 2.30. The van der Waals surface area contributed by atoms with Crippen molar-refractivity contribution in [3.8, 4) is 17.1 Å². The maximum absolute atomic E-state index is 5.24. The topological polar surface area (TPSA) is 50.8 Å². The predicted molar refractivity (Wildman–Crippen MR) is 65.9 cm³/mol. The number of hydrogen-bond donors (Lipinski definition) is 1. The largest absolute Gasteiger partial charge is 0.479 e. The molecule has 0 bridgehead atoms. The third-order valence-electron chi connectivity index (χ3n) is 2.71. The van der Waals surface area contributed by atoms with E-state index >= 15 is 0 Å². The first-order valence-electron chi connectivity index (χ1n) is 5.31. The fourth-order valence-corrected chi connectivity index (χ4v) is 1.95. The van der Waals surface area contributed by atoms with Crippen LogP contribution < -0.4 is 4.74 Å². The molecule has 84 valence electrons. The average Bonchev–Trinajstić information content (AvgIpc) is 2.86. The first kappa shape index (κ1) is 9.84. The Labute approximate surface area is 98.3 Å². The van der Waals surface area contributed by atoms with E-state index in [0.717, 1.165) is 22.2 Å². The molecule has 0 saturated carbocycles. The lowest BCUT2D eigenvalue weighted by atomic mass is 10.1. The van der Waals surface area contributed by atoms with Crippen molar-refractivity contribution in [2.24, 2.45) is 0 Å². The maximum atomic E-state index is 5.24. The van der Waals surface area contributed by atoms with Gasteiger partial charge in [0.1, 0.15) is 5.69 Å². The van der Waals surface area contributed by atoms with E-state index in [9.17, 15) is 0 Å². The van der Waals surface area contributed by atoms with Gasteiger partial charge >= 0.3 is 0 Å². The number of rotatable bonds is 2. The number of nitrogens with zero attached hydrogens (tertiary/aromatic N) is 2. The average molecular weight is 225 g/mol. The van der Waals surface area contributed by atoms with Crippen LogP contribution in [0.25, 0.3) is 22.2 Å². The van der Waals surface area contributed by atoms with Crippen molar-refractivity contribution in [3.63, 3.8) is 0 Å². The van der Waals surface area contributed by atoms with Crippen molar-refractivity contribution < 1.29 is 4.74 Å². The SMILES string of the molecule is COc1nccnc1-c1cccc2[nH]ccc12. The molecule has 0 atom stereocenters. The Kier molecular flexibility index (Phi) is 2.26.